The molecule has 0 saturated carbocycles. The molecule has 162 valence electrons. The summed E-state index contributed by atoms with van der Waals surface area (Å²) in [5, 5.41) is 31.1. The molecule has 0 unspecified atom stereocenters. The Bertz CT molecular complexity index is 1280. The number of fused-ring (bicyclic) bond motifs is 1. The minimum atomic E-state index is -4.61. The first-order valence-electron chi connectivity index (χ1n) is 8.39. The first-order chi connectivity index (χ1) is 14.4. The van der Waals surface area contributed by atoms with Crippen molar-refractivity contribution in [2.45, 2.75) is 11.8 Å². The zero-order valence-electron chi connectivity index (χ0n) is 15.8. The maximum Gasteiger partial charge on any atom is 0.300 e. The van der Waals surface area contributed by atoms with E-state index >= 15 is 0 Å². The van der Waals surface area contributed by atoms with Crippen LogP contribution in [0.25, 0.3) is 10.8 Å². The summed E-state index contributed by atoms with van der Waals surface area (Å²) >= 11 is 0. The monoisotopic (exact) mass is 448 g/mol. The van der Waals surface area contributed by atoms with Crippen LogP contribution >= 0.6 is 0 Å². The Morgan fingerprint density at radius 3 is 2.16 bits per heavy atom. The third-order valence-electron chi connectivity index (χ3n) is 3.82. The van der Waals surface area contributed by atoms with Gasteiger partial charge in [0.25, 0.3) is 27.7 Å². The molecule has 0 fully saturated rings. The molecular weight excluding hydrogens is 432 g/mol. The lowest BCUT2D eigenvalue weighted by molar-refractivity contribution is -0.384. The van der Waals surface area contributed by atoms with Crippen LogP contribution in [0.1, 0.15) is 17.3 Å². The van der Waals surface area contributed by atoms with Crippen LogP contribution in [0.15, 0.2) is 59.5 Å². The lowest BCUT2D eigenvalue weighted by Gasteiger charge is -2.13. The summed E-state index contributed by atoms with van der Waals surface area (Å²) in [6, 6.07) is 11.7. The second kappa shape index (κ2) is 9.19. The number of nitrogens with zero attached hydrogens (tertiary/aromatic N) is 1. The Balaban J connectivity index is 0.000000785. The number of nitrogens with one attached hydrogen (secondary N) is 1. The number of carbonyl (C=O) groups excluding carboxylic acids is 1. The van der Waals surface area contributed by atoms with Crippen LogP contribution in [0, 0.1) is 10.1 Å². The van der Waals surface area contributed by atoms with E-state index in [9.17, 15) is 33.0 Å². The fourth-order valence-corrected chi connectivity index (χ4v) is 3.34. The number of phenolic OH excluding ortho intramolecular Hbond substituents is 1. The van der Waals surface area contributed by atoms with Crippen LogP contribution in [0.3, 0.4) is 0 Å². The Labute approximate surface area is 175 Å². The van der Waals surface area contributed by atoms with E-state index in [0.717, 1.165) is 19.1 Å². The number of anilines is 1. The van der Waals surface area contributed by atoms with E-state index in [-0.39, 0.29) is 27.7 Å². The molecular formula is C19H16N2O9S. The van der Waals surface area contributed by atoms with Crippen LogP contribution in [0.2, 0.25) is 0 Å². The summed E-state index contributed by atoms with van der Waals surface area (Å²) in [5.74, 6) is -2.15. The fraction of sp³-hybridized carbons (Fsp3) is 0.0526. The molecule has 0 radical (unpaired) electrons. The standard InChI is InChI=1S/C17H12N2O7S.C2H4O2/c20-14-9-15(27(24,25)26)12-6-1-2-7-13(12)16(14)18-17(21)10-4-3-5-11(8-10)19(22)23;1-2(3)4/h1-9,20H,(H,18,21)(H,24,25,26);1H3,(H,3,4). The number of nitro benzene ring substituents is 1. The highest BCUT2D eigenvalue weighted by molar-refractivity contribution is 7.86. The number of rotatable bonds is 4. The van der Waals surface area contributed by atoms with Crippen LogP contribution in [-0.4, -0.2) is 40.0 Å². The van der Waals surface area contributed by atoms with Crippen molar-refractivity contribution in [3.63, 3.8) is 0 Å². The zero-order valence-corrected chi connectivity index (χ0v) is 16.7. The molecule has 3 aromatic carbocycles. The molecule has 1 amide bonds. The van der Waals surface area contributed by atoms with Gasteiger partial charge in [0.15, 0.2) is 0 Å². The van der Waals surface area contributed by atoms with Gasteiger partial charge < -0.3 is 15.5 Å². The lowest BCUT2D eigenvalue weighted by atomic mass is 10.1. The van der Waals surface area contributed by atoms with E-state index in [0.29, 0.717) is 0 Å². The van der Waals surface area contributed by atoms with Crippen molar-refractivity contribution in [2.75, 3.05) is 5.32 Å². The zero-order chi connectivity index (χ0) is 23.3. The average molecular weight is 448 g/mol. The van der Waals surface area contributed by atoms with Crippen molar-refractivity contribution in [2.24, 2.45) is 0 Å². The number of carboxylic acid groups (broad SMARTS) is 1. The molecule has 0 atom stereocenters. The van der Waals surface area contributed by atoms with Crippen molar-refractivity contribution in [1.29, 1.82) is 0 Å². The van der Waals surface area contributed by atoms with Gasteiger partial charge in [0, 0.05) is 41.5 Å². The van der Waals surface area contributed by atoms with Crippen molar-refractivity contribution in [1.82, 2.24) is 0 Å². The molecule has 0 heterocycles. The topological polar surface area (TPSA) is 184 Å². The predicted octanol–water partition coefficient (Wildman–Crippen LogP) is 3.04. The molecule has 0 aliphatic rings. The van der Waals surface area contributed by atoms with E-state index in [1.165, 1.54) is 36.4 Å². The largest absolute Gasteiger partial charge is 0.506 e. The smallest absolute Gasteiger partial charge is 0.300 e. The van der Waals surface area contributed by atoms with Crippen molar-refractivity contribution < 1.29 is 37.7 Å². The average Bonchev–Trinajstić information content (AvgIpc) is 2.68. The normalized spacial score (nSPS) is 10.6. The Kier molecular flexibility index (Phi) is 6.89. The molecule has 0 aliphatic carbocycles. The number of benzene rings is 3. The molecule has 0 bridgehead atoms. The van der Waals surface area contributed by atoms with Gasteiger partial charge in [-0.2, -0.15) is 8.42 Å². The van der Waals surface area contributed by atoms with Gasteiger partial charge in [-0.15, -0.1) is 0 Å². The van der Waals surface area contributed by atoms with Gasteiger partial charge >= 0.3 is 0 Å². The van der Waals surface area contributed by atoms with Gasteiger partial charge in [0.05, 0.1) is 10.6 Å². The lowest BCUT2D eigenvalue weighted by Crippen LogP contribution is -2.13. The van der Waals surface area contributed by atoms with Crippen LogP contribution in [-0.2, 0) is 14.9 Å². The molecule has 0 saturated heterocycles. The van der Waals surface area contributed by atoms with Crippen molar-refractivity contribution >= 4 is 44.1 Å². The quantitative estimate of drug-likeness (QED) is 0.201. The maximum absolute atomic E-state index is 12.5. The Morgan fingerprint density at radius 1 is 1.03 bits per heavy atom. The predicted molar refractivity (Wildman–Crippen MR) is 110 cm³/mol. The van der Waals surface area contributed by atoms with E-state index in [2.05, 4.69) is 5.32 Å². The van der Waals surface area contributed by atoms with Gasteiger partial charge in [-0.25, -0.2) is 0 Å². The second-order valence-electron chi connectivity index (χ2n) is 6.07. The summed E-state index contributed by atoms with van der Waals surface area (Å²) in [5.41, 5.74) is -0.389. The van der Waals surface area contributed by atoms with Gasteiger partial charge in [0.1, 0.15) is 10.6 Å². The SMILES string of the molecule is CC(=O)O.O=C(Nc1c(O)cc(S(=O)(=O)O)c2ccccc12)c1cccc([N+](=O)[O-])c1. The molecule has 11 nitrogen and oxygen atoms in total. The van der Waals surface area contributed by atoms with Crippen molar-refractivity contribution in [3.8, 4) is 5.75 Å². The molecule has 3 rings (SSSR count). The molecule has 12 heteroatoms. The van der Waals surface area contributed by atoms with Gasteiger partial charge in [0.2, 0.25) is 0 Å². The summed E-state index contributed by atoms with van der Waals surface area (Å²) in [4.78, 5) is 31.1. The molecule has 3 aromatic rings. The maximum atomic E-state index is 12.5. The number of hydrogen-bond acceptors (Lipinski definition) is 7. The summed E-state index contributed by atoms with van der Waals surface area (Å²) in [7, 11) is -4.61. The van der Waals surface area contributed by atoms with Crippen LogP contribution in [0.4, 0.5) is 11.4 Å². The Hall–Kier alpha value is -4.03. The van der Waals surface area contributed by atoms with Crippen molar-refractivity contribution in [3.05, 3.63) is 70.3 Å². The van der Waals surface area contributed by atoms with E-state index in [4.69, 9.17) is 9.90 Å². The van der Waals surface area contributed by atoms with Gasteiger partial charge in [-0.3, -0.25) is 24.3 Å². The first kappa shape index (κ1) is 23.3. The first-order valence-corrected chi connectivity index (χ1v) is 9.83. The number of phenols is 1. The number of carbonyl (C=O) groups is 2. The number of hydrogen-bond donors (Lipinski definition) is 4. The van der Waals surface area contributed by atoms with Gasteiger partial charge in [-0.1, -0.05) is 30.3 Å². The minimum absolute atomic E-state index is 0.0217. The van der Waals surface area contributed by atoms with Gasteiger partial charge in [-0.05, 0) is 6.07 Å². The van der Waals surface area contributed by atoms with Crippen LogP contribution in [0.5, 0.6) is 5.75 Å². The summed E-state index contributed by atoms with van der Waals surface area (Å²) < 4.78 is 32.5. The fourth-order valence-electron chi connectivity index (χ4n) is 2.62. The van der Waals surface area contributed by atoms with E-state index < -0.39 is 37.6 Å². The number of carboxylic acids is 1. The summed E-state index contributed by atoms with van der Waals surface area (Å²) in [6.07, 6.45) is 0. The second-order valence-corrected chi connectivity index (χ2v) is 7.46. The number of non-ortho nitro benzene ring substituents is 1. The van der Waals surface area contributed by atoms with E-state index in [1.54, 1.807) is 6.07 Å². The molecule has 4 N–H and O–H groups in total. The number of nitro groups is 1. The third-order valence-corrected chi connectivity index (χ3v) is 4.71. The minimum Gasteiger partial charge on any atom is -0.506 e. The number of amides is 1. The Morgan fingerprint density at radius 2 is 1.61 bits per heavy atom. The third kappa shape index (κ3) is 5.74. The highest BCUT2D eigenvalue weighted by atomic mass is 32.2. The molecule has 0 aliphatic heterocycles. The highest BCUT2D eigenvalue weighted by Crippen LogP contribution is 2.37. The van der Waals surface area contributed by atoms with Crippen LogP contribution < -0.4 is 5.32 Å². The summed E-state index contributed by atoms with van der Waals surface area (Å²) in [6.45, 7) is 1.08. The number of aliphatic carboxylic acids is 1. The highest BCUT2D eigenvalue weighted by Gasteiger charge is 2.21. The molecule has 31 heavy (non-hydrogen) atoms. The molecule has 0 spiro atoms. The van der Waals surface area contributed by atoms with E-state index in [1.807, 2.05) is 0 Å². The number of aromatic hydroxyl groups is 1. The molecule has 0 aromatic heterocycles.